The molecule has 0 radical (unpaired) electrons. The van der Waals surface area contributed by atoms with Gasteiger partial charge in [-0.15, -0.1) is 0 Å². The lowest BCUT2D eigenvalue weighted by atomic mass is 9.99. The highest BCUT2D eigenvalue weighted by atomic mass is 19.3. The number of nitrogens with zero attached hydrogens (tertiary/aromatic N) is 2. The van der Waals surface area contributed by atoms with E-state index in [0.717, 1.165) is 0 Å². The zero-order valence-electron chi connectivity index (χ0n) is 12.5. The maximum Gasteiger partial charge on any atom is 0.306 e. The van der Waals surface area contributed by atoms with Crippen LogP contribution < -0.4 is 4.74 Å². The number of ether oxygens (including phenoxy) is 1. The average Bonchev–Trinajstić information content (AvgIpc) is 2.53. The molecule has 0 amide bonds. The Morgan fingerprint density at radius 1 is 1.09 bits per heavy atom. The summed E-state index contributed by atoms with van der Waals surface area (Å²) >= 11 is 0. The summed E-state index contributed by atoms with van der Waals surface area (Å²) < 4.78 is 44.3. The van der Waals surface area contributed by atoms with Crippen molar-refractivity contribution < 1.29 is 17.9 Å². The van der Waals surface area contributed by atoms with Crippen LogP contribution >= 0.6 is 0 Å². The molecule has 0 saturated heterocycles. The van der Waals surface area contributed by atoms with Gasteiger partial charge >= 0.3 is 6.08 Å². The number of benzene rings is 1. The van der Waals surface area contributed by atoms with Crippen LogP contribution in [0.1, 0.15) is 30.7 Å². The zero-order valence-corrected chi connectivity index (χ0v) is 12.5. The van der Waals surface area contributed by atoms with Crippen LogP contribution in [0.3, 0.4) is 0 Å². The summed E-state index contributed by atoms with van der Waals surface area (Å²) in [6.07, 6.45) is -0.760. The van der Waals surface area contributed by atoms with E-state index in [1.807, 2.05) is 0 Å². The quantitative estimate of drug-likeness (QED) is 0.812. The van der Waals surface area contributed by atoms with Crippen molar-refractivity contribution in [2.24, 2.45) is 4.99 Å². The summed E-state index contributed by atoms with van der Waals surface area (Å²) in [6.45, 7) is 3.54. The summed E-state index contributed by atoms with van der Waals surface area (Å²) in [6, 6.07) is 9.31. The van der Waals surface area contributed by atoms with Crippen LogP contribution in [0.4, 0.5) is 13.2 Å². The summed E-state index contributed by atoms with van der Waals surface area (Å²) in [7, 11) is 0. The molecule has 118 valence electrons. The Balaban J connectivity index is 2.20. The van der Waals surface area contributed by atoms with Crippen molar-refractivity contribution in [2.75, 3.05) is 0 Å². The molecule has 0 spiro atoms. The molecule has 2 aromatic rings. The molecule has 0 unspecified atom stereocenters. The van der Waals surface area contributed by atoms with E-state index in [9.17, 15) is 13.2 Å². The molecule has 23 heavy (non-hydrogen) atoms. The fourth-order valence-electron chi connectivity index (χ4n) is 2.37. The molecule has 0 saturated carbocycles. The minimum Gasteiger partial charge on any atom is -0.466 e. The van der Waals surface area contributed by atoms with E-state index >= 15 is 0 Å². The fraction of sp³-hybridized carbons (Fsp3) is 0.176. The predicted octanol–water partition coefficient (Wildman–Crippen LogP) is 4.58. The van der Waals surface area contributed by atoms with Crippen LogP contribution in [0.2, 0.25) is 0 Å². The molecule has 0 fully saturated rings. The van der Waals surface area contributed by atoms with Gasteiger partial charge < -0.3 is 4.74 Å². The van der Waals surface area contributed by atoms with Gasteiger partial charge in [0.05, 0.1) is 11.4 Å². The predicted molar refractivity (Wildman–Crippen MR) is 81.3 cm³/mol. The number of fused-ring (bicyclic) bond motifs is 1. The number of hydrogen-bond donors (Lipinski definition) is 0. The van der Waals surface area contributed by atoms with Crippen molar-refractivity contribution in [3.63, 3.8) is 0 Å². The Bertz CT molecular complexity index is 810. The molecule has 1 aliphatic rings. The van der Waals surface area contributed by atoms with Gasteiger partial charge in [-0.2, -0.15) is 8.78 Å². The molecule has 0 aliphatic carbocycles. The van der Waals surface area contributed by atoms with Crippen LogP contribution in [0.25, 0.3) is 5.83 Å². The lowest BCUT2D eigenvalue weighted by Gasteiger charge is -2.30. The van der Waals surface area contributed by atoms with E-state index < -0.39 is 17.6 Å². The number of aromatic nitrogens is 1. The van der Waals surface area contributed by atoms with Crippen LogP contribution in [0.15, 0.2) is 53.7 Å². The molecule has 3 rings (SSSR count). The molecular weight excluding hydrogens is 305 g/mol. The summed E-state index contributed by atoms with van der Waals surface area (Å²) in [5.41, 5.74) is 0.409. The van der Waals surface area contributed by atoms with Crippen LogP contribution in [-0.2, 0) is 0 Å². The molecule has 3 nitrogen and oxygen atoms in total. The first-order valence-electron chi connectivity index (χ1n) is 6.93. The molecule has 0 bridgehead atoms. The molecule has 1 aromatic heterocycles. The Morgan fingerprint density at radius 2 is 1.87 bits per heavy atom. The number of pyridine rings is 1. The number of rotatable bonds is 2. The Hall–Kier alpha value is -2.63. The third-order valence-electron chi connectivity index (χ3n) is 3.30. The van der Waals surface area contributed by atoms with Gasteiger partial charge in [0.25, 0.3) is 0 Å². The Labute approximate surface area is 131 Å². The van der Waals surface area contributed by atoms with Gasteiger partial charge in [-0.3, -0.25) is 4.98 Å². The highest BCUT2D eigenvalue weighted by Gasteiger charge is 2.30. The van der Waals surface area contributed by atoms with Crippen molar-refractivity contribution in [2.45, 2.75) is 19.6 Å². The molecule has 1 aliphatic heterocycles. The van der Waals surface area contributed by atoms with E-state index in [1.165, 1.54) is 18.2 Å². The third kappa shape index (κ3) is 2.97. The SMILES string of the molecule is CC1(C)N=C(c2ccccn2)c2cc(C(F)=C(F)F)ccc2O1. The van der Waals surface area contributed by atoms with E-state index in [-0.39, 0.29) is 5.56 Å². The second-order valence-corrected chi connectivity index (χ2v) is 5.51. The zero-order chi connectivity index (χ0) is 16.6. The summed E-state index contributed by atoms with van der Waals surface area (Å²) in [5.74, 6) is -1.11. The van der Waals surface area contributed by atoms with Crippen molar-refractivity contribution in [1.29, 1.82) is 0 Å². The first-order valence-corrected chi connectivity index (χ1v) is 6.93. The van der Waals surface area contributed by atoms with Crippen LogP contribution in [-0.4, -0.2) is 16.4 Å². The first-order chi connectivity index (χ1) is 10.9. The van der Waals surface area contributed by atoms with Crippen molar-refractivity contribution in [3.05, 3.63) is 65.5 Å². The van der Waals surface area contributed by atoms with Crippen LogP contribution in [0.5, 0.6) is 5.75 Å². The van der Waals surface area contributed by atoms with Gasteiger partial charge in [0.15, 0.2) is 11.6 Å². The van der Waals surface area contributed by atoms with E-state index in [1.54, 1.807) is 38.2 Å². The van der Waals surface area contributed by atoms with Crippen molar-refractivity contribution in [1.82, 2.24) is 4.98 Å². The van der Waals surface area contributed by atoms with Gasteiger partial charge in [-0.25, -0.2) is 9.38 Å². The number of aliphatic imine (C=N–C) groups is 1. The molecule has 2 heterocycles. The van der Waals surface area contributed by atoms with Crippen LogP contribution in [0, 0.1) is 0 Å². The molecular formula is C17H13F3N2O. The highest BCUT2D eigenvalue weighted by molar-refractivity contribution is 6.14. The van der Waals surface area contributed by atoms with Gasteiger partial charge in [0, 0.05) is 17.3 Å². The van der Waals surface area contributed by atoms with E-state index in [0.29, 0.717) is 22.7 Å². The van der Waals surface area contributed by atoms with E-state index in [2.05, 4.69) is 9.98 Å². The van der Waals surface area contributed by atoms with Gasteiger partial charge in [0.2, 0.25) is 0 Å². The Morgan fingerprint density at radius 3 is 2.52 bits per heavy atom. The standard InChI is InChI=1S/C17H13F3N2O/c1-17(2)22-15(12-5-3-4-8-21-12)11-9-10(14(18)16(19)20)6-7-13(11)23-17/h3-9H,1-2H3. The third-order valence-corrected chi connectivity index (χ3v) is 3.30. The van der Waals surface area contributed by atoms with E-state index in [4.69, 9.17) is 4.74 Å². The minimum atomic E-state index is -2.36. The Kier molecular flexibility index (Phi) is 3.67. The molecule has 0 atom stereocenters. The van der Waals surface area contributed by atoms with Gasteiger partial charge in [0.1, 0.15) is 5.75 Å². The smallest absolute Gasteiger partial charge is 0.306 e. The molecule has 0 N–H and O–H groups in total. The van der Waals surface area contributed by atoms with Crippen molar-refractivity contribution >= 4 is 11.5 Å². The normalized spacial score (nSPS) is 15.3. The van der Waals surface area contributed by atoms with Gasteiger partial charge in [-0.1, -0.05) is 6.07 Å². The lowest BCUT2D eigenvalue weighted by molar-refractivity contribution is 0.115. The molecule has 1 aromatic carbocycles. The maximum absolute atomic E-state index is 13.5. The monoisotopic (exact) mass is 318 g/mol. The van der Waals surface area contributed by atoms with Crippen molar-refractivity contribution in [3.8, 4) is 5.75 Å². The number of halogens is 3. The summed E-state index contributed by atoms with van der Waals surface area (Å²) in [4.78, 5) is 8.71. The highest BCUT2D eigenvalue weighted by Crippen LogP contribution is 2.35. The average molecular weight is 318 g/mol. The fourth-order valence-corrected chi connectivity index (χ4v) is 2.37. The van der Waals surface area contributed by atoms with Gasteiger partial charge in [-0.05, 0) is 44.2 Å². The molecule has 6 heteroatoms. The topological polar surface area (TPSA) is 34.5 Å². The largest absolute Gasteiger partial charge is 0.466 e. The second kappa shape index (κ2) is 5.53. The lowest BCUT2D eigenvalue weighted by Crippen LogP contribution is -2.32. The second-order valence-electron chi connectivity index (χ2n) is 5.51. The minimum absolute atomic E-state index is 0.226. The maximum atomic E-state index is 13.5. The first kappa shape index (κ1) is 15.3. The summed E-state index contributed by atoms with van der Waals surface area (Å²) in [5, 5.41) is 0. The number of hydrogen-bond acceptors (Lipinski definition) is 3.